The van der Waals surface area contributed by atoms with E-state index in [1.807, 2.05) is 36.1 Å². The summed E-state index contributed by atoms with van der Waals surface area (Å²) in [5.41, 5.74) is 8.40. The van der Waals surface area contributed by atoms with Gasteiger partial charge < -0.3 is 10.3 Å². The third kappa shape index (κ3) is 2.16. The van der Waals surface area contributed by atoms with Gasteiger partial charge in [-0.25, -0.2) is 4.98 Å². The van der Waals surface area contributed by atoms with Gasteiger partial charge in [-0.3, -0.25) is 4.90 Å². The Bertz CT molecular complexity index is 591. The van der Waals surface area contributed by atoms with Gasteiger partial charge in [-0.15, -0.1) is 0 Å². The Balaban J connectivity index is 1.89. The fourth-order valence-corrected chi connectivity index (χ4v) is 2.98. The number of imidazole rings is 1. The predicted octanol–water partition coefficient (Wildman–Crippen LogP) is 2.09. The highest BCUT2D eigenvalue weighted by atomic mass is 35.5. The summed E-state index contributed by atoms with van der Waals surface area (Å²) in [6.07, 6.45) is 3.78. The van der Waals surface area contributed by atoms with Gasteiger partial charge in [0, 0.05) is 43.6 Å². The van der Waals surface area contributed by atoms with Crippen molar-refractivity contribution in [2.24, 2.45) is 12.8 Å². The summed E-state index contributed by atoms with van der Waals surface area (Å²) in [7, 11) is 2.01. The van der Waals surface area contributed by atoms with E-state index in [1.54, 1.807) is 0 Å². The molecule has 19 heavy (non-hydrogen) atoms. The van der Waals surface area contributed by atoms with Crippen LogP contribution in [0.3, 0.4) is 0 Å². The van der Waals surface area contributed by atoms with Crippen LogP contribution in [0.5, 0.6) is 0 Å². The van der Waals surface area contributed by atoms with Crippen LogP contribution >= 0.6 is 11.6 Å². The third-order valence-electron chi connectivity index (χ3n) is 3.80. The average Bonchev–Trinajstić information content (AvgIpc) is 2.95. The Labute approximate surface area is 117 Å². The molecule has 100 valence electrons. The molecule has 1 aromatic carbocycles. The molecule has 1 aliphatic rings. The number of hydrogen-bond acceptors (Lipinski definition) is 3. The van der Waals surface area contributed by atoms with Crippen LogP contribution in [0.2, 0.25) is 5.02 Å². The largest absolute Gasteiger partial charge is 0.337 e. The Morgan fingerprint density at radius 2 is 2.32 bits per heavy atom. The van der Waals surface area contributed by atoms with E-state index in [4.69, 9.17) is 17.3 Å². The minimum atomic E-state index is 0.227. The molecule has 0 saturated heterocycles. The number of aryl methyl sites for hydroxylation is 1. The van der Waals surface area contributed by atoms with Crippen molar-refractivity contribution in [1.29, 1.82) is 0 Å². The Morgan fingerprint density at radius 3 is 3.00 bits per heavy atom. The van der Waals surface area contributed by atoms with Gasteiger partial charge in [0.15, 0.2) is 0 Å². The van der Waals surface area contributed by atoms with Gasteiger partial charge in [0.25, 0.3) is 0 Å². The van der Waals surface area contributed by atoms with Crippen LogP contribution in [0, 0.1) is 0 Å². The highest BCUT2D eigenvalue weighted by Crippen LogP contribution is 2.37. The van der Waals surface area contributed by atoms with E-state index in [0.29, 0.717) is 6.54 Å². The molecule has 2 N–H and O–H groups in total. The first-order chi connectivity index (χ1) is 9.20. The molecule has 2 heterocycles. The minimum absolute atomic E-state index is 0.227. The number of halogens is 1. The zero-order chi connectivity index (χ0) is 13.4. The van der Waals surface area contributed by atoms with Gasteiger partial charge in [0.2, 0.25) is 0 Å². The second-order valence-electron chi connectivity index (χ2n) is 4.92. The summed E-state index contributed by atoms with van der Waals surface area (Å²) in [4.78, 5) is 6.71. The molecule has 0 bridgehead atoms. The quantitative estimate of drug-likeness (QED) is 0.934. The summed E-state index contributed by atoms with van der Waals surface area (Å²) >= 11 is 6.28. The summed E-state index contributed by atoms with van der Waals surface area (Å²) in [5.74, 6) is 1.04. The van der Waals surface area contributed by atoms with E-state index >= 15 is 0 Å². The van der Waals surface area contributed by atoms with Crippen LogP contribution in [0.15, 0.2) is 30.6 Å². The number of benzene rings is 1. The van der Waals surface area contributed by atoms with Crippen molar-refractivity contribution in [2.75, 3.05) is 6.54 Å². The lowest BCUT2D eigenvalue weighted by molar-refractivity contribution is 0.203. The maximum atomic E-state index is 6.28. The minimum Gasteiger partial charge on any atom is -0.337 e. The Morgan fingerprint density at radius 1 is 1.47 bits per heavy atom. The summed E-state index contributed by atoms with van der Waals surface area (Å²) in [6, 6.07) is 6.29. The average molecular weight is 277 g/mol. The molecule has 4 nitrogen and oxygen atoms in total. The number of rotatable bonds is 3. The zero-order valence-corrected chi connectivity index (χ0v) is 11.6. The molecule has 0 fully saturated rings. The molecule has 1 aliphatic heterocycles. The van der Waals surface area contributed by atoms with E-state index in [1.165, 1.54) is 11.1 Å². The zero-order valence-electron chi connectivity index (χ0n) is 10.9. The van der Waals surface area contributed by atoms with Crippen LogP contribution in [0.1, 0.15) is 23.0 Å². The number of nitrogens with zero attached hydrogens (tertiary/aromatic N) is 3. The van der Waals surface area contributed by atoms with E-state index in [-0.39, 0.29) is 6.04 Å². The molecule has 0 spiro atoms. The standard InChI is InChI=1S/C14H17ClN4/c1-18-6-5-17-14(18)9-19-8-11-10(13(19)7-16)3-2-4-12(11)15/h2-6,13H,7-9,16H2,1H3. The molecule has 0 aliphatic carbocycles. The molecular weight excluding hydrogens is 260 g/mol. The lowest BCUT2D eigenvalue weighted by Crippen LogP contribution is -2.28. The van der Waals surface area contributed by atoms with Crippen molar-refractivity contribution in [3.05, 3.63) is 52.6 Å². The maximum Gasteiger partial charge on any atom is 0.122 e. The normalized spacial score (nSPS) is 18.8. The van der Waals surface area contributed by atoms with Crippen LogP contribution < -0.4 is 5.73 Å². The second-order valence-corrected chi connectivity index (χ2v) is 5.33. The molecule has 1 unspecified atom stereocenters. The predicted molar refractivity (Wildman–Crippen MR) is 75.7 cm³/mol. The van der Waals surface area contributed by atoms with Crippen molar-refractivity contribution in [3.8, 4) is 0 Å². The highest BCUT2D eigenvalue weighted by Gasteiger charge is 2.30. The monoisotopic (exact) mass is 276 g/mol. The SMILES string of the molecule is Cn1ccnc1CN1Cc2c(Cl)cccc2C1CN. The molecule has 2 aromatic rings. The fraction of sp³-hybridized carbons (Fsp3) is 0.357. The number of fused-ring (bicyclic) bond motifs is 1. The first-order valence-electron chi connectivity index (χ1n) is 6.38. The Kier molecular flexibility index (Phi) is 3.31. The molecular formula is C14H17ClN4. The van der Waals surface area contributed by atoms with Gasteiger partial charge >= 0.3 is 0 Å². The lowest BCUT2D eigenvalue weighted by atomic mass is 10.1. The molecule has 1 atom stereocenters. The maximum absolute atomic E-state index is 6.28. The number of nitrogens with two attached hydrogens (primary N) is 1. The highest BCUT2D eigenvalue weighted by molar-refractivity contribution is 6.31. The van der Waals surface area contributed by atoms with Crippen molar-refractivity contribution in [3.63, 3.8) is 0 Å². The summed E-state index contributed by atoms with van der Waals surface area (Å²) in [6.45, 7) is 2.22. The molecule has 0 radical (unpaired) electrons. The van der Waals surface area contributed by atoms with E-state index in [2.05, 4.69) is 16.0 Å². The van der Waals surface area contributed by atoms with E-state index in [9.17, 15) is 0 Å². The van der Waals surface area contributed by atoms with Gasteiger partial charge in [0.1, 0.15) is 5.82 Å². The van der Waals surface area contributed by atoms with Gasteiger partial charge in [0.05, 0.1) is 6.54 Å². The topological polar surface area (TPSA) is 47.1 Å². The van der Waals surface area contributed by atoms with E-state index in [0.717, 1.165) is 23.9 Å². The first-order valence-corrected chi connectivity index (χ1v) is 6.76. The molecule has 5 heteroatoms. The van der Waals surface area contributed by atoms with Crippen LogP contribution in [-0.2, 0) is 20.1 Å². The second kappa shape index (κ2) is 4.96. The van der Waals surface area contributed by atoms with E-state index < -0.39 is 0 Å². The smallest absolute Gasteiger partial charge is 0.122 e. The van der Waals surface area contributed by atoms with Crippen molar-refractivity contribution in [2.45, 2.75) is 19.1 Å². The van der Waals surface area contributed by atoms with Crippen molar-refractivity contribution >= 4 is 11.6 Å². The molecule has 0 amide bonds. The van der Waals surface area contributed by atoms with Crippen molar-refractivity contribution in [1.82, 2.24) is 14.5 Å². The van der Waals surface area contributed by atoms with Crippen molar-refractivity contribution < 1.29 is 0 Å². The first kappa shape index (κ1) is 12.7. The fourth-order valence-electron chi connectivity index (χ4n) is 2.74. The third-order valence-corrected chi connectivity index (χ3v) is 4.16. The van der Waals surface area contributed by atoms with Gasteiger partial charge in [-0.05, 0) is 17.2 Å². The number of aromatic nitrogens is 2. The lowest BCUT2D eigenvalue weighted by Gasteiger charge is -2.23. The van der Waals surface area contributed by atoms with Gasteiger partial charge in [-0.1, -0.05) is 23.7 Å². The van der Waals surface area contributed by atoms with Crippen LogP contribution in [0.4, 0.5) is 0 Å². The molecule has 1 aromatic heterocycles. The molecule has 3 rings (SSSR count). The number of hydrogen-bond donors (Lipinski definition) is 1. The van der Waals surface area contributed by atoms with Crippen LogP contribution in [-0.4, -0.2) is 21.0 Å². The molecule has 0 saturated carbocycles. The summed E-state index contributed by atoms with van der Waals surface area (Å²) < 4.78 is 2.04. The summed E-state index contributed by atoms with van der Waals surface area (Å²) in [5, 5.41) is 0.832. The van der Waals surface area contributed by atoms with Crippen LogP contribution in [0.25, 0.3) is 0 Å². The van der Waals surface area contributed by atoms with Gasteiger partial charge in [-0.2, -0.15) is 0 Å². The Hall–Kier alpha value is -1.36.